The molecule has 0 bridgehead atoms. The Morgan fingerprint density at radius 2 is 1.64 bits per heavy atom. The molecule has 0 fully saturated rings. The molecule has 0 aromatic heterocycles. The zero-order valence-corrected chi connectivity index (χ0v) is 23.3. The van der Waals surface area contributed by atoms with E-state index in [0.717, 1.165) is 22.9 Å². The van der Waals surface area contributed by atoms with Gasteiger partial charge in [-0.1, -0.05) is 42.5 Å². The quantitative estimate of drug-likeness (QED) is 0.177. The van der Waals surface area contributed by atoms with E-state index in [1.54, 1.807) is 30.3 Å². The number of hydrogen-bond donors (Lipinski definition) is 6. The fraction of sp³-hybridized carbons (Fsp3) is 0.345. The third-order valence-corrected chi connectivity index (χ3v) is 6.77. The van der Waals surface area contributed by atoms with E-state index >= 15 is 0 Å². The summed E-state index contributed by atoms with van der Waals surface area (Å²) < 4.78 is 25.3. The van der Waals surface area contributed by atoms with Gasteiger partial charge < -0.3 is 26.0 Å². The first-order valence-electron chi connectivity index (χ1n) is 12.7. The van der Waals surface area contributed by atoms with E-state index in [1.807, 2.05) is 38.1 Å². The van der Waals surface area contributed by atoms with E-state index in [4.69, 9.17) is 0 Å². The van der Waals surface area contributed by atoms with Gasteiger partial charge in [-0.2, -0.15) is 0 Å². The van der Waals surface area contributed by atoms with Crippen molar-refractivity contribution in [1.82, 2.24) is 10.6 Å². The molecule has 0 aliphatic carbocycles. The molecular weight excluding hydrogens is 518 g/mol. The van der Waals surface area contributed by atoms with Crippen molar-refractivity contribution >= 4 is 21.6 Å². The SMILES string of the molecule is CC(C)(Cc1cccc(CNC(=O)CCc2ccc(O)cc2)c1)NC[C@H](O)c1ccc(O)c(NS(C)(=O)=O)c1. The number of phenols is 2. The zero-order chi connectivity index (χ0) is 28.6. The molecule has 9 nitrogen and oxygen atoms in total. The number of aliphatic hydroxyl groups is 1. The molecule has 0 radical (unpaired) electrons. The number of carbonyl (C=O) groups excluding carboxylic acids is 1. The molecule has 210 valence electrons. The molecule has 1 amide bonds. The first-order chi connectivity index (χ1) is 18.3. The van der Waals surface area contributed by atoms with Crippen LogP contribution in [0.15, 0.2) is 66.7 Å². The largest absolute Gasteiger partial charge is 0.508 e. The van der Waals surface area contributed by atoms with Crippen LogP contribution in [0.2, 0.25) is 0 Å². The topological polar surface area (TPSA) is 148 Å². The predicted octanol–water partition coefficient (Wildman–Crippen LogP) is 3.36. The average Bonchev–Trinajstić information content (AvgIpc) is 2.86. The lowest BCUT2D eigenvalue weighted by molar-refractivity contribution is -0.121. The predicted molar refractivity (Wildman–Crippen MR) is 152 cm³/mol. The first-order valence-corrected chi connectivity index (χ1v) is 14.5. The molecule has 39 heavy (non-hydrogen) atoms. The summed E-state index contributed by atoms with van der Waals surface area (Å²) in [5.74, 6) is -0.0697. The van der Waals surface area contributed by atoms with Crippen LogP contribution in [-0.2, 0) is 34.2 Å². The van der Waals surface area contributed by atoms with Gasteiger partial charge in [-0.25, -0.2) is 8.42 Å². The van der Waals surface area contributed by atoms with E-state index in [1.165, 1.54) is 12.1 Å². The van der Waals surface area contributed by atoms with Crippen LogP contribution >= 0.6 is 0 Å². The molecule has 0 saturated carbocycles. The highest BCUT2D eigenvalue weighted by Gasteiger charge is 2.21. The van der Waals surface area contributed by atoms with Gasteiger partial charge in [-0.15, -0.1) is 0 Å². The maximum absolute atomic E-state index is 12.3. The summed E-state index contributed by atoms with van der Waals surface area (Å²) in [6.45, 7) is 4.67. The number of aliphatic hydroxyl groups excluding tert-OH is 1. The monoisotopic (exact) mass is 555 g/mol. The van der Waals surface area contributed by atoms with Crippen LogP contribution in [0.4, 0.5) is 5.69 Å². The standard InChI is InChI=1S/C29H37N3O6S/c1-29(2,31-19-27(35)23-10-13-26(34)25(16-23)32-39(3,37)38)17-21-5-4-6-22(15-21)18-30-28(36)14-9-20-7-11-24(33)12-8-20/h4-8,10-13,15-16,27,31-35H,9,14,17-19H2,1-3H3,(H,30,36)/t27-/m0/s1. The molecule has 0 aliphatic heterocycles. The third-order valence-electron chi connectivity index (χ3n) is 6.18. The minimum atomic E-state index is -3.58. The van der Waals surface area contributed by atoms with Crippen molar-refractivity contribution in [3.05, 3.63) is 89.0 Å². The van der Waals surface area contributed by atoms with Crippen molar-refractivity contribution in [3.8, 4) is 11.5 Å². The van der Waals surface area contributed by atoms with Crippen LogP contribution in [0.25, 0.3) is 0 Å². The summed E-state index contributed by atoms with van der Waals surface area (Å²) in [6.07, 6.45) is 1.68. The molecule has 0 saturated heterocycles. The summed E-state index contributed by atoms with van der Waals surface area (Å²) in [5.41, 5.74) is 3.14. The van der Waals surface area contributed by atoms with Crippen LogP contribution < -0.4 is 15.4 Å². The van der Waals surface area contributed by atoms with Crippen molar-refractivity contribution in [2.45, 2.75) is 51.3 Å². The summed E-state index contributed by atoms with van der Waals surface area (Å²) in [6, 6.07) is 19.1. The van der Waals surface area contributed by atoms with Crippen LogP contribution in [0.1, 0.15) is 48.6 Å². The fourth-order valence-electron chi connectivity index (χ4n) is 4.17. The van der Waals surface area contributed by atoms with Gasteiger partial charge in [0.15, 0.2) is 0 Å². The Morgan fingerprint density at radius 1 is 0.949 bits per heavy atom. The smallest absolute Gasteiger partial charge is 0.229 e. The van der Waals surface area contributed by atoms with Crippen LogP contribution in [-0.4, -0.2) is 48.0 Å². The molecule has 10 heteroatoms. The Balaban J connectivity index is 1.51. The van der Waals surface area contributed by atoms with Crippen molar-refractivity contribution in [3.63, 3.8) is 0 Å². The zero-order valence-electron chi connectivity index (χ0n) is 22.4. The van der Waals surface area contributed by atoms with Gasteiger partial charge in [-0.3, -0.25) is 9.52 Å². The lowest BCUT2D eigenvalue weighted by atomic mass is 9.93. The summed E-state index contributed by atoms with van der Waals surface area (Å²) in [5, 5.41) is 36.3. The summed E-state index contributed by atoms with van der Waals surface area (Å²) in [4.78, 5) is 12.3. The van der Waals surface area contributed by atoms with E-state index < -0.39 is 16.1 Å². The third kappa shape index (κ3) is 10.2. The number of anilines is 1. The van der Waals surface area contributed by atoms with Gasteiger partial charge in [0.2, 0.25) is 15.9 Å². The molecule has 0 unspecified atom stereocenters. The summed E-state index contributed by atoms with van der Waals surface area (Å²) in [7, 11) is -3.58. The van der Waals surface area contributed by atoms with Gasteiger partial charge in [-0.05, 0) is 73.2 Å². The van der Waals surface area contributed by atoms with Gasteiger partial charge in [0, 0.05) is 25.0 Å². The highest BCUT2D eigenvalue weighted by molar-refractivity contribution is 7.92. The molecule has 3 rings (SSSR count). The van der Waals surface area contributed by atoms with E-state index in [2.05, 4.69) is 15.4 Å². The normalized spacial score (nSPS) is 12.6. The molecule has 0 aliphatic rings. The summed E-state index contributed by atoms with van der Waals surface area (Å²) >= 11 is 0. The molecule has 0 spiro atoms. The van der Waals surface area contributed by atoms with Crippen molar-refractivity contribution < 1.29 is 28.5 Å². The minimum Gasteiger partial charge on any atom is -0.508 e. The van der Waals surface area contributed by atoms with Gasteiger partial charge in [0.25, 0.3) is 0 Å². The Hall–Kier alpha value is -3.60. The van der Waals surface area contributed by atoms with Gasteiger partial charge in [0.05, 0.1) is 18.0 Å². The number of rotatable bonds is 13. The van der Waals surface area contributed by atoms with Gasteiger partial charge in [0.1, 0.15) is 11.5 Å². The average molecular weight is 556 g/mol. The Labute approximate surface area is 230 Å². The number of sulfonamides is 1. The molecule has 3 aromatic rings. The molecule has 1 atom stereocenters. The molecule has 0 heterocycles. The highest BCUT2D eigenvalue weighted by atomic mass is 32.2. The number of phenolic OH excluding ortho intramolecular Hbond substituents is 2. The van der Waals surface area contributed by atoms with E-state index in [0.29, 0.717) is 31.4 Å². The second kappa shape index (κ2) is 13.0. The van der Waals surface area contributed by atoms with E-state index in [-0.39, 0.29) is 35.2 Å². The number of aromatic hydroxyl groups is 2. The number of amides is 1. The van der Waals surface area contributed by atoms with Crippen molar-refractivity contribution in [2.24, 2.45) is 0 Å². The Bertz CT molecular complexity index is 1370. The van der Waals surface area contributed by atoms with Crippen LogP contribution in [0.5, 0.6) is 11.5 Å². The van der Waals surface area contributed by atoms with Crippen LogP contribution in [0.3, 0.4) is 0 Å². The highest BCUT2D eigenvalue weighted by Crippen LogP contribution is 2.28. The lowest BCUT2D eigenvalue weighted by Gasteiger charge is -2.28. The minimum absolute atomic E-state index is 0.0116. The number of aryl methyl sites for hydroxylation is 1. The lowest BCUT2D eigenvalue weighted by Crippen LogP contribution is -2.43. The number of benzene rings is 3. The first kappa shape index (κ1) is 29.9. The van der Waals surface area contributed by atoms with Crippen molar-refractivity contribution in [1.29, 1.82) is 0 Å². The second-order valence-electron chi connectivity index (χ2n) is 10.4. The Kier molecular flexibility index (Phi) is 9.96. The molecule has 6 N–H and O–H groups in total. The number of hydrogen-bond acceptors (Lipinski definition) is 7. The molecule has 3 aromatic carbocycles. The number of carbonyl (C=O) groups is 1. The van der Waals surface area contributed by atoms with Crippen LogP contribution in [0, 0.1) is 0 Å². The van der Waals surface area contributed by atoms with E-state index in [9.17, 15) is 28.5 Å². The Morgan fingerprint density at radius 3 is 2.33 bits per heavy atom. The second-order valence-corrected chi connectivity index (χ2v) is 12.1. The van der Waals surface area contributed by atoms with Gasteiger partial charge >= 0.3 is 0 Å². The fourth-order valence-corrected chi connectivity index (χ4v) is 4.73. The number of β-amino-alcohol motifs (C(OH)–C–C–N with tert-alkyl or cyclic N) is 1. The maximum atomic E-state index is 12.3. The number of nitrogens with one attached hydrogen (secondary N) is 3. The maximum Gasteiger partial charge on any atom is 0.229 e. The van der Waals surface area contributed by atoms with Crippen molar-refractivity contribution in [2.75, 3.05) is 17.5 Å². The molecular formula is C29H37N3O6S.